The number of carbonyl (C=O) groups is 4. The van der Waals surface area contributed by atoms with E-state index in [1.807, 2.05) is 32.9 Å². The summed E-state index contributed by atoms with van der Waals surface area (Å²) in [7, 11) is 0. The second kappa shape index (κ2) is 12.5. The van der Waals surface area contributed by atoms with E-state index in [0.29, 0.717) is 24.8 Å². The zero-order valence-corrected chi connectivity index (χ0v) is 28.5. The molecule has 2 saturated heterocycles. The van der Waals surface area contributed by atoms with Gasteiger partial charge in [0, 0.05) is 48.0 Å². The van der Waals surface area contributed by atoms with E-state index in [0.717, 1.165) is 5.57 Å². The molecule has 3 aromatic rings. The van der Waals surface area contributed by atoms with Crippen LogP contribution >= 0.6 is 0 Å². The fourth-order valence-electron chi connectivity index (χ4n) is 8.95. The minimum Gasteiger partial charge on any atom is -0.463 e. The van der Waals surface area contributed by atoms with Gasteiger partial charge in [-0.05, 0) is 63.1 Å². The number of cyclic esters (lactones) is 1. The molecule has 2 aliphatic heterocycles. The molecule has 2 aliphatic carbocycles. The maximum Gasteiger partial charge on any atom is 0.340 e. The Morgan fingerprint density at radius 1 is 0.780 bits per heavy atom. The minimum atomic E-state index is -1.38. The Labute approximate surface area is 290 Å². The lowest BCUT2D eigenvalue weighted by Crippen LogP contribution is -2.78. The quantitative estimate of drug-likeness (QED) is 0.180. The van der Waals surface area contributed by atoms with Crippen molar-refractivity contribution in [2.75, 3.05) is 6.61 Å². The first kappa shape index (κ1) is 33.6. The van der Waals surface area contributed by atoms with Gasteiger partial charge < -0.3 is 23.7 Å². The number of hydrogen-bond donors (Lipinski definition) is 0. The van der Waals surface area contributed by atoms with Crippen LogP contribution in [0.2, 0.25) is 0 Å². The van der Waals surface area contributed by atoms with Crippen molar-refractivity contribution in [2.24, 2.45) is 16.7 Å². The zero-order valence-electron chi connectivity index (χ0n) is 28.5. The van der Waals surface area contributed by atoms with E-state index in [9.17, 15) is 19.2 Å². The number of rotatable bonds is 6. The predicted molar refractivity (Wildman–Crippen MR) is 178 cm³/mol. The Bertz CT molecular complexity index is 1840. The van der Waals surface area contributed by atoms with Gasteiger partial charge in [0.1, 0.15) is 23.9 Å². The Morgan fingerprint density at radius 3 is 1.96 bits per heavy atom. The SMILES string of the molecule is CC1=CC[C@@H](OC(=O)c2ccccc2)C2[C@@]1(C)[C@@H](OC(=O)c1cccnc1)[C@H](OC(=O)c1cccnc1)[C@]1(C)O[C@]3(CC[C@]21C)COC(=O)C3. The summed E-state index contributed by atoms with van der Waals surface area (Å²) in [5.74, 6) is -2.70. The standard InChI is InChI=1S/C39H40N2O9/c1-24-14-15-28(47-33(43)25-10-6-5-7-11-25)30-36(2)16-17-39(20-29(42)46-23-39)50-38(36,4)32(49-35(45)27-13-9-19-41-22-27)31(37(24,30)3)48-34(44)26-12-8-18-40-21-26/h5-14,18-19,21-22,28,30-32H,15-17,20,23H2,1-4H3/t28-,30?,31+,32+,36-,37+,38+,39+/m1/s1. The third kappa shape index (κ3) is 5.39. The number of carbonyl (C=O) groups excluding carboxylic acids is 4. The molecule has 2 aromatic heterocycles. The molecule has 8 atom stereocenters. The monoisotopic (exact) mass is 680 g/mol. The maximum atomic E-state index is 14.0. The van der Waals surface area contributed by atoms with E-state index < -0.39 is 64.2 Å². The Balaban J connectivity index is 1.40. The van der Waals surface area contributed by atoms with Gasteiger partial charge in [-0.2, -0.15) is 0 Å². The van der Waals surface area contributed by atoms with Crippen LogP contribution in [-0.2, 0) is 28.5 Å². The van der Waals surface area contributed by atoms with Crippen LogP contribution in [0, 0.1) is 16.7 Å². The Morgan fingerprint density at radius 2 is 1.38 bits per heavy atom. The Kier molecular flexibility index (Phi) is 8.37. The summed E-state index contributed by atoms with van der Waals surface area (Å²) >= 11 is 0. The second-order valence-corrected chi connectivity index (χ2v) is 14.5. The number of aromatic nitrogens is 2. The van der Waals surface area contributed by atoms with Gasteiger partial charge in [-0.3, -0.25) is 14.8 Å². The molecule has 4 heterocycles. The lowest BCUT2D eigenvalue weighted by atomic mass is 9.41. The van der Waals surface area contributed by atoms with Crippen molar-refractivity contribution in [1.29, 1.82) is 0 Å². The van der Waals surface area contributed by atoms with Gasteiger partial charge in [0.25, 0.3) is 0 Å². The summed E-state index contributed by atoms with van der Waals surface area (Å²) in [6, 6.07) is 15.3. The summed E-state index contributed by atoms with van der Waals surface area (Å²) in [6.45, 7) is 7.90. The molecule has 7 rings (SSSR count). The first-order valence-corrected chi connectivity index (χ1v) is 16.9. The van der Waals surface area contributed by atoms with E-state index in [2.05, 4.69) is 16.9 Å². The summed E-state index contributed by atoms with van der Waals surface area (Å²) in [5, 5.41) is 0. The molecule has 11 heteroatoms. The molecule has 1 aromatic carbocycles. The van der Waals surface area contributed by atoms with Gasteiger partial charge in [-0.25, -0.2) is 14.4 Å². The molecule has 1 unspecified atom stereocenters. The average Bonchev–Trinajstić information content (AvgIpc) is 3.49. The third-order valence-electron chi connectivity index (χ3n) is 11.8. The Hall–Kier alpha value is -4.90. The number of nitrogens with zero attached hydrogens (tertiary/aromatic N) is 2. The topological polar surface area (TPSA) is 140 Å². The third-order valence-corrected chi connectivity index (χ3v) is 11.8. The van der Waals surface area contributed by atoms with Crippen molar-refractivity contribution in [1.82, 2.24) is 9.97 Å². The van der Waals surface area contributed by atoms with E-state index in [1.165, 1.54) is 12.4 Å². The summed E-state index contributed by atoms with van der Waals surface area (Å²) in [5.41, 5.74) is -2.53. The van der Waals surface area contributed by atoms with Gasteiger partial charge in [-0.1, -0.05) is 43.7 Å². The molecule has 0 bridgehead atoms. The van der Waals surface area contributed by atoms with Gasteiger partial charge >= 0.3 is 23.9 Å². The highest BCUT2D eigenvalue weighted by atomic mass is 16.6. The van der Waals surface area contributed by atoms with Crippen molar-refractivity contribution >= 4 is 23.9 Å². The molecule has 11 nitrogen and oxygen atoms in total. The fourth-order valence-corrected chi connectivity index (χ4v) is 8.95. The first-order valence-electron chi connectivity index (χ1n) is 16.9. The summed E-state index contributed by atoms with van der Waals surface area (Å²) in [6.07, 6.45) is 6.35. The van der Waals surface area contributed by atoms with Crippen LogP contribution < -0.4 is 0 Å². The summed E-state index contributed by atoms with van der Waals surface area (Å²) in [4.78, 5) is 62.4. The maximum absolute atomic E-state index is 14.0. The highest BCUT2D eigenvalue weighted by Crippen LogP contribution is 2.69. The van der Waals surface area contributed by atoms with Crippen LogP contribution in [0.1, 0.15) is 84.5 Å². The fraction of sp³-hybridized carbons (Fsp3) is 0.436. The zero-order chi connectivity index (χ0) is 35.3. The number of fused-ring (bicyclic) bond motifs is 3. The molecule has 50 heavy (non-hydrogen) atoms. The summed E-state index contributed by atoms with van der Waals surface area (Å²) < 4.78 is 32.0. The van der Waals surface area contributed by atoms with Crippen LogP contribution in [0.5, 0.6) is 0 Å². The van der Waals surface area contributed by atoms with Gasteiger partial charge in [-0.15, -0.1) is 0 Å². The number of esters is 4. The normalized spacial score (nSPS) is 34.4. The molecule has 4 aliphatic rings. The molecule has 1 saturated carbocycles. The average molecular weight is 681 g/mol. The van der Waals surface area contributed by atoms with E-state index in [-0.39, 0.29) is 30.1 Å². The molecule has 3 fully saturated rings. The molecule has 0 radical (unpaired) electrons. The van der Waals surface area contributed by atoms with Crippen LogP contribution in [0.15, 0.2) is 91.0 Å². The van der Waals surface area contributed by atoms with Crippen LogP contribution in [-0.4, -0.2) is 70.0 Å². The molecule has 0 N–H and O–H groups in total. The minimum absolute atomic E-state index is 0.0232. The van der Waals surface area contributed by atoms with E-state index in [1.54, 1.807) is 60.9 Å². The van der Waals surface area contributed by atoms with Crippen molar-refractivity contribution in [2.45, 2.75) is 82.9 Å². The van der Waals surface area contributed by atoms with Crippen molar-refractivity contribution in [3.63, 3.8) is 0 Å². The molecule has 260 valence electrons. The van der Waals surface area contributed by atoms with Crippen LogP contribution in [0.25, 0.3) is 0 Å². The molecule has 1 spiro atoms. The van der Waals surface area contributed by atoms with E-state index >= 15 is 0 Å². The van der Waals surface area contributed by atoms with Gasteiger partial charge in [0.2, 0.25) is 0 Å². The lowest BCUT2D eigenvalue weighted by molar-refractivity contribution is -0.345. The van der Waals surface area contributed by atoms with Gasteiger partial charge in [0.05, 0.1) is 23.1 Å². The lowest BCUT2D eigenvalue weighted by Gasteiger charge is -2.70. The highest BCUT2D eigenvalue weighted by Gasteiger charge is 2.76. The van der Waals surface area contributed by atoms with E-state index in [4.69, 9.17) is 23.7 Å². The second-order valence-electron chi connectivity index (χ2n) is 14.5. The van der Waals surface area contributed by atoms with Crippen molar-refractivity contribution in [3.05, 3.63) is 108 Å². The van der Waals surface area contributed by atoms with Crippen LogP contribution in [0.3, 0.4) is 0 Å². The van der Waals surface area contributed by atoms with Gasteiger partial charge in [0.15, 0.2) is 12.2 Å². The largest absolute Gasteiger partial charge is 0.463 e. The smallest absolute Gasteiger partial charge is 0.340 e. The van der Waals surface area contributed by atoms with Crippen molar-refractivity contribution in [3.8, 4) is 0 Å². The number of pyridine rings is 2. The number of benzene rings is 1. The molecular weight excluding hydrogens is 640 g/mol. The predicted octanol–water partition coefficient (Wildman–Crippen LogP) is 5.70. The molecule has 0 amide bonds. The number of hydrogen-bond acceptors (Lipinski definition) is 11. The first-order chi connectivity index (χ1) is 23.9. The highest BCUT2D eigenvalue weighted by molar-refractivity contribution is 5.90. The van der Waals surface area contributed by atoms with Crippen LogP contribution in [0.4, 0.5) is 0 Å². The van der Waals surface area contributed by atoms with Crippen molar-refractivity contribution < 1.29 is 42.9 Å². The molecular formula is C39H40N2O9. The number of ether oxygens (including phenoxy) is 5.